The van der Waals surface area contributed by atoms with Crippen LogP contribution in [0.1, 0.15) is 63.0 Å². The molecule has 0 radical (unpaired) electrons. The van der Waals surface area contributed by atoms with Crippen LogP contribution in [0.5, 0.6) is 5.75 Å². The normalized spacial score (nSPS) is 21.1. The summed E-state index contributed by atoms with van der Waals surface area (Å²) in [5.41, 5.74) is 1.15. The van der Waals surface area contributed by atoms with Crippen LogP contribution >= 0.6 is 0 Å². The topological polar surface area (TPSA) is 58.6 Å². The van der Waals surface area contributed by atoms with Crippen molar-refractivity contribution in [1.82, 2.24) is 9.62 Å². The maximum Gasteiger partial charge on any atom is 0.211 e. The lowest BCUT2D eigenvalue weighted by atomic mass is 9.91. The van der Waals surface area contributed by atoms with E-state index in [9.17, 15) is 8.42 Å². The largest absolute Gasteiger partial charge is 0.497 e. The average molecular weight is 395 g/mol. The zero-order chi connectivity index (χ0) is 19.1. The summed E-state index contributed by atoms with van der Waals surface area (Å²) < 4.78 is 33.5. The summed E-state index contributed by atoms with van der Waals surface area (Å²) in [6, 6.07) is 8.13. The molecule has 1 heterocycles. The first-order valence-electron chi connectivity index (χ1n) is 10.4. The third-order valence-corrected chi connectivity index (χ3v) is 7.53. The standard InChI is InChI=1S/C21H34N2O3S/c1-26-20-12-10-19(11-13-20)21(23-14-6-3-7-15-23)16-22-27(24,25)17-18-8-4-2-5-9-18/h10-13,18,21-22H,2-9,14-17H2,1H3. The Kier molecular flexibility index (Phi) is 7.56. The molecule has 1 aliphatic heterocycles. The molecule has 6 heteroatoms. The highest BCUT2D eigenvalue weighted by Crippen LogP contribution is 2.27. The Morgan fingerprint density at radius 2 is 1.67 bits per heavy atom. The average Bonchev–Trinajstić information content (AvgIpc) is 2.70. The molecule has 1 aliphatic carbocycles. The number of hydrogen-bond acceptors (Lipinski definition) is 4. The number of hydrogen-bond donors (Lipinski definition) is 1. The maximum atomic E-state index is 12.7. The molecule has 0 bridgehead atoms. The van der Waals surface area contributed by atoms with Crippen LogP contribution in [-0.4, -0.2) is 45.8 Å². The third kappa shape index (κ3) is 6.19. The predicted octanol–water partition coefficient (Wildman–Crippen LogP) is 3.72. The number of rotatable bonds is 8. The third-order valence-electron chi connectivity index (χ3n) is 6.01. The van der Waals surface area contributed by atoms with E-state index in [1.54, 1.807) is 7.11 Å². The van der Waals surface area contributed by atoms with Crippen molar-refractivity contribution in [2.24, 2.45) is 5.92 Å². The number of likely N-dealkylation sites (tertiary alicyclic amines) is 1. The molecule has 3 rings (SSSR count). The quantitative estimate of drug-likeness (QED) is 0.730. The van der Waals surface area contributed by atoms with E-state index in [4.69, 9.17) is 4.74 Å². The summed E-state index contributed by atoms with van der Waals surface area (Å²) in [7, 11) is -1.57. The molecule has 1 aromatic carbocycles. The van der Waals surface area contributed by atoms with Gasteiger partial charge in [0.2, 0.25) is 10.0 Å². The molecule has 1 saturated heterocycles. The van der Waals surface area contributed by atoms with Gasteiger partial charge in [-0.25, -0.2) is 13.1 Å². The smallest absolute Gasteiger partial charge is 0.211 e. The molecule has 1 unspecified atom stereocenters. The van der Waals surface area contributed by atoms with Crippen molar-refractivity contribution in [3.63, 3.8) is 0 Å². The SMILES string of the molecule is COc1ccc(C(CNS(=O)(=O)CC2CCCCC2)N2CCCCC2)cc1. The van der Waals surface area contributed by atoms with Gasteiger partial charge in [-0.3, -0.25) is 4.90 Å². The molecule has 27 heavy (non-hydrogen) atoms. The van der Waals surface area contributed by atoms with Crippen LogP contribution in [-0.2, 0) is 10.0 Å². The zero-order valence-electron chi connectivity index (χ0n) is 16.5. The molecule has 152 valence electrons. The first-order valence-corrected chi connectivity index (χ1v) is 12.1. The van der Waals surface area contributed by atoms with E-state index < -0.39 is 10.0 Å². The fraction of sp³-hybridized carbons (Fsp3) is 0.714. The Labute approximate surface area is 164 Å². The number of nitrogens with one attached hydrogen (secondary N) is 1. The highest BCUT2D eigenvalue weighted by molar-refractivity contribution is 7.89. The number of piperidine rings is 1. The predicted molar refractivity (Wildman–Crippen MR) is 110 cm³/mol. The molecular formula is C21H34N2O3S. The van der Waals surface area contributed by atoms with E-state index >= 15 is 0 Å². The molecule has 1 aromatic rings. The van der Waals surface area contributed by atoms with Gasteiger partial charge in [0.15, 0.2) is 0 Å². The summed E-state index contributed by atoms with van der Waals surface area (Å²) in [6.45, 7) is 2.50. The first kappa shape index (κ1) is 20.6. The van der Waals surface area contributed by atoms with Crippen molar-refractivity contribution in [2.45, 2.75) is 57.4 Å². The number of methoxy groups -OCH3 is 1. The lowest BCUT2D eigenvalue weighted by Crippen LogP contribution is -2.41. The Morgan fingerprint density at radius 3 is 2.30 bits per heavy atom. The Morgan fingerprint density at radius 1 is 1.04 bits per heavy atom. The minimum Gasteiger partial charge on any atom is -0.497 e. The van der Waals surface area contributed by atoms with Gasteiger partial charge in [-0.2, -0.15) is 0 Å². The number of ether oxygens (including phenoxy) is 1. The van der Waals surface area contributed by atoms with Gasteiger partial charge in [-0.1, -0.05) is 37.8 Å². The van der Waals surface area contributed by atoms with Gasteiger partial charge in [0.1, 0.15) is 5.75 Å². The second kappa shape index (κ2) is 9.89. The summed E-state index contributed by atoms with van der Waals surface area (Å²) in [6.07, 6.45) is 9.31. The summed E-state index contributed by atoms with van der Waals surface area (Å²) in [5, 5.41) is 0. The van der Waals surface area contributed by atoms with E-state index in [0.717, 1.165) is 37.2 Å². The monoisotopic (exact) mass is 394 g/mol. The van der Waals surface area contributed by atoms with Gasteiger partial charge in [-0.15, -0.1) is 0 Å². The number of benzene rings is 1. The molecule has 0 amide bonds. The highest BCUT2D eigenvalue weighted by atomic mass is 32.2. The second-order valence-electron chi connectivity index (χ2n) is 8.02. The summed E-state index contributed by atoms with van der Waals surface area (Å²) in [5.74, 6) is 1.43. The van der Waals surface area contributed by atoms with Crippen molar-refractivity contribution in [2.75, 3.05) is 32.5 Å². The minimum absolute atomic E-state index is 0.0809. The molecule has 2 fully saturated rings. The van der Waals surface area contributed by atoms with E-state index in [1.165, 1.54) is 38.5 Å². The van der Waals surface area contributed by atoms with Gasteiger partial charge in [0, 0.05) is 12.6 Å². The molecular weight excluding hydrogens is 360 g/mol. The minimum atomic E-state index is -3.24. The Balaban J connectivity index is 1.66. The van der Waals surface area contributed by atoms with Crippen LogP contribution in [0.4, 0.5) is 0 Å². The van der Waals surface area contributed by atoms with E-state index in [1.807, 2.05) is 12.1 Å². The van der Waals surface area contributed by atoms with Crippen molar-refractivity contribution in [1.29, 1.82) is 0 Å². The molecule has 1 saturated carbocycles. The van der Waals surface area contributed by atoms with Crippen LogP contribution in [0.3, 0.4) is 0 Å². The molecule has 1 atom stereocenters. The van der Waals surface area contributed by atoms with Crippen molar-refractivity contribution < 1.29 is 13.2 Å². The van der Waals surface area contributed by atoms with Crippen molar-refractivity contribution >= 4 is 10.0 Å². The van der Waals surface area contributed by atoms with Crippen LogP contribution < -0.4 is 9.46 Å². The van der Waals surface area contributed by atoms with Crippen LogP contribution in [0, 0.1) is 5.92 Å². The summed E-state index contributed by atoms with van der Waals surface area (Å²) in [4.78, 5) is 2.43. The van der Waals surface area contributed by atoms with Crippen LogP contribution in [0.15, 0.2) is 24.3 Å². The Hall–Kier alpha value is -1.11. The Bertz CT molecular complexity index is 663. The van der Waals surface area contributed by atoms with Gasteiger partial charge >= 0.3 is 0 Å². The summed E-state index contributed by atoms with van der Waals surface area (Å²) >= 11 is 0. The molecule has 0 spiro atoms. The number of sulfonamides is 1. The van der Waals surface area contributed by atoms with Crippen molar-refractivity contribution in [3.05, 3.63) is 29.8 Å². The van der Waals surface area contributed by atoms with Gasteiger partial charge in [-0.05, 0) is 62.4 Å². The lowest BCUT2D eigenvalue weighted by molar-refractivity contribution is 0.164. The van der Waals surface area contributed by atoms with E-state index in [-0.39, 0.29) is 11.8 Å². The highest BCUT2D eigenvalue weighted by Gasteiger charge is 2.26. The fourth-order valence-electron chi connectivity index (χ4n) is 4.44. The van der Waals surface area contributed by atoms with E-state index in [2.05, 4.69) is 21.8 Å². The first-order chi connectivity index (χ1) is 13.1. The van der Waals surface area contributed by atoms with E-state index in [0.29, 0.717) is 12.5 Å². The van der Waals surface area contributed by atoms with Crippen molar-refractivity contribution in [3.8, 4) is 5.75 Å². The fourth-order valence-corrected chi connectivity index (χ4v) is 5.93. The van der Waals surface area contributed by atoms with Gasteiger partial charge in [0.05, 0.1) is 12.9 Å². The number of nitrogens with zero attached hydrogens (tertiary/aromatic N) is 1. The maximum absolute atomic E-state index is 12.7. The molecule has 0 aromatic heterocycles. The second-order valence-corrected chi connectivity index (χ2v) is 9.87. The molecule has 5 nitrogen and oxygen atoms in total. The molecule has 1 N–H and O–H groups in total. The van der Waals surface area contributed by atoms with Crippen LogP contribution in [0.2, 0.25) is 0 Å². The lowest BCUT2D eigenvalue weighted by Gasteiger charge is -2.35. The van der Waals surface area contributed by atoms with Gasteiger partial charge in [0.25, 0.3) is 0 Å². The van der Waals surface area contributed by atoms with Crippen LogP contribution in [0.25, 0.3) is 0 Å². The van der Waals surface area contributed by atoms with Gasteiger partial charge < -0.3 is 4.74 Å². The zero-order valence-corrected chi connectivity index (χ0v) is 17.3. The molecule has 2 aliphatic rings.